The molecule has 1 aromatic rings. The number of aliphatic hydroxyl groups is 1. The van der Waals surface area contributed by atoms with E-state index >= 15 is 0 Å². The summed E-state index contributed by atoms with van der Waals surface area (Å²) in [4.78, 5) is 47.6. The SMILES string of the molecule is C=CCN(Cc1ccccc1)C(=O)[C@H]1[C@@H]2SC3(CC2Br)C(C(=O)N(CC=C)C(C)(C)C)N(CCO)C(=O)[C@H]13. The quantitative estimate of drug-likeness (QED) is 0.327. The first-order valence-corrected chi connectivity index (χ1v) is 14.9. The molecule has 0 aromatic heterocycles. The molecule has 7 nitrogen and oxygen atoms in total. The van der Waals surface area contributed by atoms with Crippen molar-refractivity contribution in [3.63, 3.8) is 0 Å². The number of hydrogen-bond donors (Lipinski definition) is 1. The third-order valence-electron chi connectivity index (χ3n) is 7.91. The minimum Gasteiger partial charge on any atom is -0.395 e. The molecular weight excluding hydrogens is 566 g/mol. The van der Waals surface area contributed by atoms with E-state index in [0.29, 0.717) is 26.1 Å². The Morgan fingerprint density at radius 2 is 1.84 bits per heavy atom. The van der Waals surface area contributed by atoms with E-state index in [1.165, 1.54) is 0 Å². The molecule has 1 N–H and O–H groups in total. The van der Waals surface area contributed by atoms with Crippen LogP contribution in [0.5, 0.6) is 0 Å². The lowest BCUT2D eigenvalue weighted by atomic mass is 9.70. The van der Waals surface area contributed by atoms with E-state index in [1.54, 1.807) is 38.6 Å². The number of nitrogens with zero attached hydrogens (tertiary/aromatic N) is 3. The number of aliphatic hydroxyl groups excluding tert-OH is 1. The number of likely N-dealkylation sites (tertiary alicyclic amines) is 1. The third-order valence-corrected chi connectivity index (χ3v) is 11.1. The summed E-state index contributed by atoms with van der Waals surface area (Å²) in [5.41, 5.74) is 0.510. The number of β-amino-alcohol motifs (C(OH)–C–C–N with tert-alkyl or cyclic N) is 1. The van der Waals surface area contributed by atoms with Crippen molar-refractivity contribution in [2.75, 3.05) is 26.2 Å². The summed E-state index contributed by atoms with van der Waals surface area (Å²) >= 11 is 5.44. The molecule has 3 unspecified atom stereocenters. The molecule has 3 saturated heterocycles. The van der Waals surface area contributed by atoms with Crippen molar-refractivity contribution in [1.82, 2.24) is 14.7 Å². The fourth-order valence-corrected chi connectivity index (χ4v) is 10.0. The van der Waals surface area contributed by atoms with Crippen LogP contribution in [-0.4, -0.2) is 90.2 Å². The van der Waals surface area contributed by atoms with Gasteiger partial charge >= 0.3 is 0 Å². The van der Waals surface area contributed by atoms with Crippen LogP contribution in [0.2, 0.25) is 0 Å². The van der Waals surface area contributed by atoms with Crippen LogP contribution in [0, 0.1) is 11.8 Å². The number of amides is 3. The van der Waals surface area contributed by atoms with Crippen molar-refractivity contribution in [2.24, 2.45) is 11.8 Å². The average Bonchev–Trinajstić information content (AvgIpc) is 3.45. The number of fused-ring (bicyclic) bond motifs is 1. The van der Waals surface area contributed by atoms with Gasteiger partial charge in [-0.05, 0) is 32.8 Å². The van der Waals surface area contributed by atoms with E-state index in [2.05, 4.69) is 29.1 Å². The second-order valence-corrected chi connectivity index (χ2v) is 14.0. The van der Waals surface area contributed by atoms with Gasteiger partial charge in [0.15, 0.2) is 0 Å². The first kappa shape index (κ1) is 28.9. The predicted octanol–water partition coefficient (Wildman–Crippen LogP) is 3.47. The Hall–Kier alpha value is -2.10. The van der Waals surface area contributed by atoms with Crippen molar-refractivity contribution in [2.45, 2.75) is 60.1 Å². The normalized spacial score (nSPS) is 29.8. The summed E-state index contributed by atoms with van der Waals surface area (Å²) in [6.07, 6.45) is 4.01. The molecule has 0 aliphatic carbocycles. The van der Waals surface area contributed by atoms with Crippen LogP contribution in [0.3, 0.4) is 0 Å². The van der Waals surface area contributed by atoms with Gasteiger partial charge in [0.1, 0.15) is 6.04 Å². The fraction of sp³-hybridized carbons (Fsp3) is 0.552. The number of rotatable bonds is 10. The van der Waals surface area contributed by atoms with Crippen LogP contribution in [0.15, 0.2) is 55.6 Å². The van der Waals surface area contributed by atoms with Gasteiger partial charge in [0.05, 0.1) is 23.2 Å². The summed E-state index contributed by atoms with van der Waals surface area (Å²) < 4.78 is -0.750. The zero-order valence-corrected chi connectivity index (χ0v) is 24.8. The van der Waals surface area contributed by atoms with Gasteiger partial charge in [0.25, 0.3) is 0 Å². The highest BCUT2D eigenvalue weighted by atomic mass is 79.9. The van der Waals surface area contributed by atoms with Crippen molar-refractivity contribution < 1.29 is 19.5 Å². The van der Waals surface area contributed by atoms with E-state index in [-0.39, 0.29) is 41.0 Å². The molecule has 3 heterocycles. The molecule has 6 atom stereocenters. The van der Waals surface area contributed by atoms with E-state index < -0.39 is 28.2 Å². The van der Waals surface area contributed by atoms with Gasteiger partial charge < -0.3 is 19.8 Å². The molecule has 3 amide bonds. The number of halogens is 1. The second kappa shape index (κ2) is 11.2. The maximum Gasteiger partial charge on any atom is 0.247 e. The highest BCUT2D eigenvalue weighted by Crippen LogP contribution is 2.68. The molecule has 4 rings (SSSR count). The molecule has 206 valence electrons. The Balaban J connectivity index is 1.74. The van der Waals surface area contributed by atoms with Crippen LogP contribution >= 0.6 is 27.7 Å². The van der Waals surface area contributed by atoms with Crippen LogP contribution in [0.4, 0.5) is 0 Å². The predicted molar refractivity (Wildman–Crippen MR) is 155 cm³/mol. The number of alkyl halides is 1. The lowest BCUT2D eigenvalue weighted by Gasteiger charge is -2.42. The van der Waals surface area contributed by atoms with Crippen molar-refractivity contribution in [3.8, 4) is 0 Å². The zero-order chi connectivity index (χ0) is 27.8. The highest BCUT2D eigenvalue weighted by Gasteiger charge is 2.76. The number of hydrogen-bond acceptors (Lipinski definition) is 5. The summed E-state index contributed by atoms with van der Waals surface area (Å²) in [5.74, 6) is -1.67. The Labute approximate surface area is 238 Å². The molecular formula is C29H38BrN3O4S. The van der Waals surface area contributed by atoms with Gasteiger partial charge in [0.2, 0.25) is 17.7 Å². The minimum absolute atomic E-state index is 0.0142. The summed E-state index contributed by atoms with van der Waals surface area (Å²) in [7, 11) is 0. The molecule has 0 radical (unpaired) electrons. The number of carbonyl (C=O) groups is 3. The van der Waals surface area contributed by atoms with Gasteiger partial charge in [0, 0.05) is 41.8 Å². The maximum absolute atomic E-state index is 14.3. The molecule has 1 spiro atoms. The smallest absolute Gasteiger partial charge is 0.247 e. The van der Waals surface area contributed by atoms with E-state index in [9.17, 15) is 19.5 Å². The van der Waals surface area contributed by atoms with E-state index in [1.807, 2.05) is 51.1 Å². The molecule has 3 aliphatic heterocycles. The molecule has 38 heavy (non-hydrogen) atoms. The lowest BCUT2D eigenvalue weighted by molar-refractivity contribution is -0.146. The average molecular weight is 605 g/mol. The van der Waals surface area contributed by atoms with Gasteiger partial charge in [-0.3, -0.25) is 14.4 Å². The van der Waals surface area contributed by atoms with Crippen molar-refractivity contribution >= 4 is 45.4 Å². The third kappa shape index (κ3) is 4.86. The molecule has 0 saturated carbocycles. The van der Waals surface area contributed by atoms with E-state index in [0.717, 1.165) is 5.56 Å². The van der Waals surface area contributed by atoms with Crippen LogP contribution in [0.1, 0.15) is 32.8 Å². The van der Waals surface area contributed by atoms with Gasteiger partial charge in [-0.15, -0.1) is 24.9 Å². The summed E-state index contributed by atoms with van der Waals surface area (Å²) in [5, 5.41) is 9.76. The molecule has 9 heteroatoms. The van der Waals surface area contributed by atoms with Crippen LogP contribution < -0.4 is 0 Å². The van der Waals surface area contributed by atoms with Gasteiger partial charge in [-0.2, -0.15) is 0 Å². The summed E-state index contributed by atoms with van der Waals surface area (Å²) in [6, 6.07) is 9.01. The topological polar surface area (TPSA) is 81.2 Å². The van der Waals surface area contributed by atoms with Crippen LogP contribution in [-0.2, 0) is 20.9 Å². The second-order valence-electron chi connectivity index (χ2n) is 11.3. The first-order chi connectivity index (χ1) is 18.0. The maximum atomic E-state index is 14.3. The Bertz CT molecular complexity index is 1090. The Kier molecular flexibility index (Phi) is 8.50. The number of thioether (sulfide) groups is 1. The molecule has 3 fully saturated rings. The molecule has 2 bridgehead atoms. The van der Waals surface area contributed by atoms with Gasteiger partial charge in [-0.25, -0.2) is 0 Å². The number of carbonyl (C=O) groups excluding carboxylic acids is 3. The fourth-order valence-electron chi connectivity index (χ4n) is 6.41. The zero-order valence-electron chi connectivity index (χ0n) is 22.4. The highest BCUT2D eigenvalue weighted by molar-refractivity contribution is 9.09. The largest absolute Gasteiger partial charge is 0.395 e. The monoisotopic (exact) mass is 603 g/mol. The summed E-state index contributed by atoms with van der Waals surface area (Å²) in [6.45, 7) is 14.5. The van der Waals surface area contributed by atoms with Crippen molar-refractivity contribution in [3.05, 3.63) is 61.2 Å². The lowest BCUT2D eigenvalue weighted by Crippen LogP contribution is -2.59. The Morgan fingerprint density at radius 3 is 2.42 bits per heavy atom. The molecule has 1 aromatic carbocycles. The first-order valence-electron chi connectivity index (χ1n) is 13.1. The standard InChI is InChI=1S/C29H38BrN3O4S/c1-6-13-31(18-19-11-9-8-10-12-19)25(35)21-22-26(36)32(15-16-34)24(29(22)17-20(30)23(21)38-29)27(37)33(14-7-2)28(3,4)5/h6-12,20-24,34H,1-2,13-18H2,3-5H3/t20?,21-,22+,23-,24?,29?/m1/s1. The van der Waals surface area contributed by atoms with Crippen molar-refractivity contribution in [1.29, 1.82) is 0 Å². The van der Waals surface area contributed by atoms with Crippen LogP contribution in [0.25, 0.3) is 0 Å². The van der Waals surface area contributed by atoms with Gasteiger partial charge in [-0.1, -0.05) is 58.4 Å². The minimum atomic E-state index is -0.763. The number of benzene rings is 1. The molecule has 3 aliphatic rings. The van der Waals surface area contributed by atoms with E-state index in [4.69, 9.17) is 0 Å². The Morgan fingerprint density at radius 1 is 1.18 bits per heavy atom.